The molecule has 0 N–H and O–H groups in total. The molecule has 1 fully saturated rings. The van der Waals surface area contributed by atoms with Crippen LogP contribution in [-0.4, -0.2) is 29.9 Å². The third-order valence-electron chi connectivity index (χ3n) is 4.12. The van der Waals surface area contributed by atoms with Gasteiger partial charge in [-0.25, -0.2) is 0 Å². The molecule has 1 unspecified atom stereocenters. The van der Waals surface area contributed by atoms with Crippen molar-refractivity contribution in [1.29, 1.82) is 0 Å². The quantitative estimate of drug-likeness (QED) is 0.679. The molecular weight excluding hydrogens is 286 g/mol. The van der Waals surface area contributed by atoms with Gasteiger partial charge in [-0.15, -0.1) is 0 Å². The highest BCUT2D eigenvalue weighted by molar-refractivity contribution is 9.09. The summed E-state index contributed by atoms with van der Waals surface area (Å²) in [5.41, 5.74) is 1.46. The van der Waals surface area contributed by atoms with E-state index in [1.54, 1.807) is 0 Å². The summed E-state index contributed by atoms with van der Waals surface area (Å²) in [6.45, 7) is 5.94. The zero-order chi connectivity index (χ0) is 12.8. The first kappa shape index (κ1) is 14.1. The molecule has 1 nitrogen and oxygen atoms in total. The van der Waals surface area contributed by atoms with Crippen LogP contribution >= 0.6 is 15.9 Å². The topological polar surface area (TPSA) is 3.24 Å². The highest BCUT2D eigenvalue weighted by Crippen LogP contribution is 2.28. The molecule has 1 atom stereocenters. The van der Waals surface area contributed by atoms with Crippen LogP contribution < -0.4 is 0 Å². The Bertz CT molecular complexity index is 334. The second kappa shape index (κ2) is 7.30. The molecule has 2 rings (SSSR count). The molecule has 0 amide bonds. The number of hydrogen-bond acceptors (Lipinski definition) is 1. The molecule has 1 aliphatic carbocycles. The molecule has 0 spiro atoms. The van der Waals surface area contributed by atoms with Crippen molar-refractivity contribution < 1.29 is 0 Å². The standard InChI is InChI=1S/C16H24BrN/c1-2-18(12-14-7-6-8-14)13-16(11-17)15-9-4-3-5-10-15/h3-5,9-10,14,16H,2,6-8,11-13H2,1H3. The predicted octanol–water partition coefficient (Wildman–Crippen LogP) is 4.29. The Morgan fingerprint density at radius 1 is 1.28 bits per heavy atom. The van der Waals surface area contributed by atoms with Crippen molar-refractivity contribution in [2.75, 3.05) is 25.0 Å². The molecular formula is C16H24BrN. The van der Waals surface area contributed by atoms with E-state index < -0.39 is 0 Å². The van der Waals surface area contributed by atoms with E-state index in [4.69, 9.17) is 0 Å². The fraction of sp³-hybridized carbons (Fsp3) is 0.625. The Morgan fingerprint density at radius 3 is 2.50 bits per heavy atom. The maximum absolute atomic E-state index is 3.68. The van der Waals surface area contributed by atoms with Crippen molar-refractivity contribution in [3.63, 3.8) is 0 Å². The van der Waals surface area contributed by atoms with Gasteiger partial charge >= 0.3 is 0 Å². The lowest BCUT2D eigenvalue weighted by Gasteiger charge is -2.33. The van der Waals surface area contributed by atoms with Crippen LogP contribution in [0.3, 0.4) is 0 Å². The molecule has 1 aromatic rings. The minimum atomic E-state index is 0.617. The third-order valence-corrected chi connectivity index (χ3v) is 4.91. The van der Waals surface area contributed by atoms with Gasteiger partial charge in [0.1, 0.15) is 0 Å². The van der Waals surface area contributed by atoms with Gasteiger partial charge in [-0.3, -0.25) is 0 Å². The van der Waals surface area contributed by atoms with Crippen LogP contribution in [-0.2, 0) is 0 Å². The van der Waals surface area contributed by atoms with Crippen molar-refractivity contribution in [3.8, 4) is 0 Å². The smallest absolute Gasteiger partial charge is 0.0112 e. The molecule has 0 bridgehead atoms. The zero-order valence-corrected chi connectivity index (χ0v) is 12.9. The van der Waals surface area contributed by atoms with Crippen LogP contribution in [0.2, 0.25) is 0 Å². The molecule has 0 aliphatic heterocycles. The molecule has 0 aromatic heterocycles. The van der Waals surface area contributed by atoms with E-state index in [9.17, 15) is 0 Å². The summed E-state index contributed by atoms with van der Waals surface area (Å²) < 4.78 is 0. The summed E-state index contributed by atoms with van der Waals surface area (Å²) in [4.78, 5) is 2.63. The maximum Gasteiger partial charge on any atom is 0.0112 e. The monoisotopic (exact) mass is 309 g/mol. The van der Waals surface area contributed by atoms with E-state index in [2.05, 4.69) is 58.1 Å². The number of nitrogens with zero attached hydrogens (tertiary/aromatic N) is 1. The minimum absolute atomic E-state index is 0.617. The molecule has 0 heterocycles. The Hall–Kier alpha value is -0.340. The largest absolute Gasteiger partial charge is 0.303 e. The van der Waals surface area contributed by atoms with E-state index in [1.807, 2.05) is 0 Å². The lowest BCUT2D eigenvalue weighted by molar-refractivity contribution is 0.179. The fourth-order valence-electron chi connectivity index (χ4n) is 2.65. The van der Waals surface area contributed by atoms with Gasteiger partial charge in [0.15, 0.2) is 0 Å². The van der Waals surface area contributed by atoms with Gasteiger partial charge in [-0.1, -0.05) is 59.6 Å². The molecule has 0 saturated heterocycles. The van der Waals surface area contributed by atoms with E-state index in [-0.39, 0.29) is 0 Å². The summed E-state index contributed by atoms with van der Waals surface area (Å²) in [5.74, 6) is 1.59. The molecule has 1 saturated carbocycles. The van der Waals surface area contributed by atoms with Crippen molar-refractivity contribution >= 4 is 15.9 Å². The van der Waals surface area contributed by atoms with Crippen molar-refractivity contribution in [3.05, 3.63) is 35.9 Å². The summed E-state index contributed by atoms with van der Waals surface area (Å²) in [7, 11) is 0. The maximum atomic E-state index is 3.68. The minimum Gasteiger partial charge on any atom is -0.303 e. The molecule has 1 aromatic carbocycles. The zero-order valence-electron chi connectivity index (χ0n) is 11.3. The van der Waals surface area contributed by atoms with Gasteiger partial charge < -0.3 is 4.90 Å². The average Bonchev–Trinajstić information content (AvgIpc) is 2.38. The second-order valence-electron chi connectivity index (χ2n) is 5.41. The first-order chi connectivity index (χ1) is 8.83. The number of hydrogen-bond donors (Lipinski definition) is 0. The molecule has 18 heavy (non-hydrogen) atoms. The van der Waals surface area contributed by atoms with Gasteiger partial charge in [-0.2, -0.15) is 0 Å². The van der Waals surface area contributed by atoms with E-state index in [0.29, 0.717) is 5.92 Å². The Balaban J connectivity index is 1.91. The Labute approximate surface area is 120 Å². The highest BCUT2D eigenvalue weighted by atomic mass is 79.9. The second-order valence-corrected chi connectivity index (χ2v) is 6.06. The summed E-state index contributed by atoms with van der Waals surface area (Å²) in [5, 5.41) is 1.05. The average molecular weight is 310 g/mol. The summed E-state index contributed by atoms with van der Waals surface area (Å²) in [6, 6.07) is 10.9. The third kappa shape index (κ3) is 3.83. The first-order valence-electron chi connectivity index (χ1n) is 7.16. The Kier molecular flexibility index (Phi) is 5.71. The molecule has 0 radical (unpaired) electrons. The van der Waals surface area contributed by atoms with E-state index >= 15 is 0 Å². The molecule has 2 heteroatoms. The van der Waals surface area contributed by atoms with Crippen LogP contribution in [0.15, 0.2) is 30.3 Å². The number of benzene rings is 1. The lowest BCUT2D eigenvalue weighted by atomic mass is 9.85. The normalized spacial score (nSPS) is 17.7. The Morgan fingerprint density at radius 2 is 2.00 bits per heavy atom. The van der Waals surface area contributed by atoms with Gasteiger partial charge in [0.2, 0.25) is 0 Å². The van der Waals surface area contributed by atoms with Crippen LogP contribution in [0.1, 0.15) is 37.7 Å². The van der Waals surface area contributed by atoms with E-state index in [1.165, 1.54) is 44.5 Å². The van der Waals surface area contributed by atoms with Crippen LogP contribution in [0.4, 0.5) is 0 Å². The van der Waals surface area contributed by atoms with Crippen molar-refractivity contribution in [2.24, 2.45) is 5.92 Å². The van der Waals surface area contributed by atoms with Crippen molar-refractivity contribution in [1.82, 2.24) is 4.90 Å². The molecule has 100 valence electrons. The van der Waals surface area contributed by atoms with Gasteiger partial charge in [0.25, 0.3) is 0 Å². The van der Waals surface area contributed by atoms with Gasteiger partial charge in [0.05, 0.1) is 0 Å². The van der Waals surface area contributed by atoms with Crippen LogP contribution in [0.25, 0.3) is 0 Å². The number of alkyl halides is 1. The molecule has 1 aliphatic rings. The SMILES string of the molecule is CCN(CC1CCC1)CC(CBr)c1ccccc1. The number of likely N-dealkylation sites (N-methyl/N-ethyl adjacent to an activating group) is 1. The summed E-state index contributed by atoms with van der Waals surface area (Å²) >= 11 is 3.68. The van der Waals surface area contributed by atoms with Gasteiger partial charge in [0, 0.05) is 24.3 Å². The number of rotatable bonds is 7. The van der Waals surface area contributed by atoms with Crippen LogP contribution in [0, 0.1) is 5.92 Å². The van der Waals surface area contributed by atoms with E-state index in [0.717, 1.165) is 11.2 Å². The predicted molar refractivity (Wildman–Crippen MR) is 82.4 cm³/mol. The fourth-order valence-corrected chi connectivity index (χ4v) is 3.23. The van der Waals surface area contributed by atoms with Crippen molar-refractivity contribution in [2.45, 2.75) is 32.1 Å². The first-order valence-corrected chi connectivity index (χ1v) is 8.29. The lowest BCUT2D eigenvalue weighted by Crippen LogP contribution is -2.35. The van der Waals surface area contributed by atoms with Gasteiger partial charge in [-0.05, 0) is 30.9 Å². The summed E-state index contributed by atoms with van der Waals surface area (Å²) in [6.07, 6.45) is 4.34. The highest BCUT2D eigenvalue weighted by Gasteiger charge is 2.22. The number of halogens is 1. The van der Waals surface area contributed by atoms with Crippen LogP contribution in [0.5, 0.6) is 0 Å².